The summed E-state index contributed by atoms with van der Waals surface area (Å²) >= 11 is 23.4. The quantitative estimate of drug-likeness (QED) is 0.549. The first-order chi connectivity index (χ1) is 4.51. The van der Waals surface area contributed by atoms with Crippen LogP contribution in [0.25, 0.3) is 0 Å². The molecule has 1 saturated carbocycles. The van der Waals surface area contributed by atoms with Crippen LogP contribution in [-0.2, 0) is 0 Å². The molecule has 2 atom stereocenters. The zero-order valence-corrected chi connectivity index (χ0v) is 8.31. The first-order valence-electron chi connectivity index (χ1n) is 3.17. The molecular weight excluding hydrogens is 214 g/mol. The molecule has 0 saturated heterocycles. The summed E-state index contributed by atoms with van der Waals surface area (Å²) in [7, 11) is 0. The van der Waals surface area contributed by atoms with E-state index in [2.05, 4.69) is 0 Å². The van der Waals surface area contributed by atoms with Crippen molar-refractivity contribution >= 4 is 46.4 Å². The maximum atomic E-state index is 5.85. The van der Waals surface area contributed by atoms with Crippen molar-refractivity contribution < 1.29 is 0 Å². The Bertz CT molecular complexity index is 123. The maximum Gasteiger partial charge on any atom is 0.119 e. The van der Waals surface area contributed by atoms with Gasteiger partial charge in [-0.1, -0.05) is 0 Å². The van der Waals surface area contributed by atoms with Crippen LogP contribution in [0.2, 0.25) is 0 Å². The predicted molar refractivity (Wildman–Crippen MR) is 47.6 cm³/mol. The first kappa shape index (κ1) is 9.25. The molecule has 60 valence electrons. The molecule has 0 aromatic rings. The molecule has 0 spiro atoms. The second-order valence-corrected chi connectivity index (χ2v) is 5.39. The van der Waals surface area contributed by atoms with E-state index in [4.69, 9.17) is 46.4 Å². The van der Waals surface area contributed by atoms with E-state index in [0.717, 1.165) is 12.8 Å². The fourth-order valence-corrected chi connectivity index (χ4v) is 2.34. The van der Waals surface area contributed by atoms with Crippen LogP contribution < -0.4 is 0 Å². The van der Waals surface area contributed by atoms with Gasteiger partial charge in [0.1, 0.15) is 4.33 Å². The van der Waals surface area contributed by atoms with E-state index >= 15 is 0 Å². The predicted octanol–water partition coefficient (Wildman–Crippen LogP) is 3.56. The lowest BCUT2D eigenvalue weighted by Crippen LogP contribution is -2.32. The maximum absolute atomic E-state index is 5.85. The van der Waals surface area contributed by atoms with Crippen LogP contribution in [-0.4, -0.2) is 15.1 Å². The Balaban J connectivity index is 2.49. The average molecular weight is 222 g/mol. The summed E-state index contributed by atoms with van der Waals surface area (Å²) in [5.74, 6) is 0. The third-order valence-corrected chi connectivity index (χ3v) is 3.47. The van der Waals surface area contributed by atoms with Crippen molar-refractivity contribution in [2.24, 2.45) is 0 Å². The molecule has 4 heteroatoms. The van der Waals surface area contributed by atoms with E-state index in [9.17, 15) is 0 Å². The standard InChI is InChI=1S/C6H8Cl4/c7-4-1-2-6(9,10)3-5(4)8/h4-5H,1-3H2/t4-,5+/m1/s1. The van der Waals surface area contributed by atoms with E-state index in [1.807, 2.05) is 0 Å². The molecule has 0 heterocycles. The summed E-state index contributed by atoms with van der Waals surface area (Å²) in [5.41, 5.74) is 0. The van der Waals surface area contributed by atoms with Crippen LogP contribution >= 0.6 is 46.4 Å². The fourth-order valence-electron chi connectivity index (χ4n) is 1.05. The van der Waals surface area contributed by atoms with Gasteiger partial charge in [0.05, 0.1) is 10.8 Å². The molecule has 0 N–H and O–H groups in total. The number of rotatable bonds is 0. The molecule has 1 fully saturated rings. The van der Waals surface area contributed by atoms with E-state index < -0.39 is 4.33 Å². The highest BCUT2D eigenvalue weighted by Gasteiger charge is 2.36. The van der Waals surface area contributed by atoms with Crippen molar-refractivity contribution in [1.29, 1.82) is 0 Å². The Morgan fingerprint density at radius 2 is 1.70 bits per heavy atom. The van der Waals surface area contributed by atoms with E-state index in [0.29, 0.717) is 6.42 Å². The van der Waals surface area contributed by atoms with Gasteiger partial charge in [-0.25, -0.2) is 0 Å². The van der Waals surface area contributed by atoms with Gasteiger partial charge in [-0.15, -0.1) is 46.4 Å². The lowest BCUT2D eigenvalue weighted by Gasteiger charge is -2.31. The van der Waals surface area contributed by atoms with Crippen LogP contribution in [0.1, 0.15) is 19.3 Å². The summed E-state index contributed by atoms with van der Waals surface area (Å²) in [5, 5.41) is -0.0438. The molecule has 1 rings (SSSR count). The molecule has 0 bridgehead atoms. The second-order valence-electron chi connectivity index (χ2n) is 2.63. The van der Waals surface area contributed by atoms with E-state index in [1.54, 1.807) is 0 Å². The van der Waals surface area contributed by atoms with Gasteiger partial charge in [0.15, 0.2) is 0 Å². The first-order valence-corrected chi connectivity index (χ1v) is 4.80. The Hall–Kier alpha value is 1.16. The topological polar surface area (TPSA) is 0 Å². The van der Waals surface area contributed by atoms with Crippen LogP contribution in [0.5, 0.6) is 0 Å². The Labute approximate surface area is 80.8 Å². The van der Waals surface area contributed by atoms with Gasteiger partial charge in [0, 0.05) is 0 Å². The normalized spacial score (nSPS) is 39.6. The van der Waals surface area contributed by atoms with Gasteiger partial charge in [0.2, 0.25) is 0 Å². The van der Waals surface area contributed by atoms with Crippen molar-refractivity contribution in [3.63, 3.8) is 0 Å². The second kappa shape index (κ2) is 3.26. The molecule has 10 heavy (non-hydrogen) atoms. The molecule has 0 radical (unpaired) electrons. The summed E-state index contributed by atoms with van der Waals surface area (Å²) < 4.78 is -0.641. The molecule has 0 aromatic carbocycles. The minimum atomic E-state index is -0.641. The van der Waals surface area contributed by atoms with Gasteiger partial charge in [-0.2, -0.15) is 0 Å². The minimum absolute atomic E-state index is 0.0345. The zero-order chi connectivity index (χ0) is 7.78. The molecule has 0 aromatic heterocycles. The van der Waals surface area contributed by atoms with Crippen LogP contribution in [0.15, 0.2) is 0 Å². The van der Waals surface area contributed by atoms with Crippen molar-refractivity contribution in [3.8, 4) is 0 Å². The summed E-state index contributed by atoms with van der Waals surface area (Å²) in [6.07, 6.45) is 2.14. The fraction of sp³-hybridized carbons (Fsp3) is 1.00. The van der Waals surface area contributed by atoms with Gasteiger partial charge < -0.3 is 0 Å². The summed E-state index contributed by atoms with van der Waals surface area (Å²) in [6.45, 7) is 0. The van der Waals surface area contributed by atoms with Crippen LogP contribution in [0.4, 0.5) is 0 Å². The van der Waals surface area contributed by atoms with Gasteiger partial charge >= 0.3 is 0 Å². The lowest BCUT2D eigenvalue weighted by atomic mass is 9.99. The Kier molecular flexibility index (Phi) is 3.02. The van der Waals surface area contributed by atoms with Crippen molar-refractivity contribution in [1.82, 2.24) is 0 Å². The highest BCUT2D eigenvalue weighted by molar-refractivity contribution is 6.49. The molecule has 1 aliphatic rings. The van der Waals surface area contributed by atoms with E-state index in [1.165, 1.54) is 0 Å². The molecule has 0 unspecified atom stereocenters. The van der Waals surface area contributed by atoms with Crippen molar-refractivity contribution in [2.75, 3.05) is 0 Å². The molecular formula is C6H8Cl4. The number of halogens is 4. The smallest absolute Gasteiger partial charge is 0.119 e. The molecule has 0 amide bonds. The SMILES string of the molecule is Cl[C@@H]1CCC(Cl)(Cl)C[C@@H]1Cl. The number of hydrogen-bond acceptors (Lipinski definition) is 0. The van der Waals surface area contributed by atoms with Gasteiger partial charge in [-0.3, -0.25) is 0 Å². The van der Waals surface area contributed by atoms with Gasteiger partial charge in [-0.05, 0) is 19.3 Å². The minimum Gasteiger partial charge on any atom is -0.121 e. The Morgan fingerprint density at radius 1 is 1.10 bits per heavy atom. The molecule has 0 nitrogen and oxygen atoms in total. The van der Waals surface area contributed by atoms with Crippen molar-refractivity contribution in [3.05, 3.63) is 0 Å². The monoisotopic (exact) mass is 220 g/mol. The lowest BCUT2D eigenvalue weighted by molar-refractivity contribution is 0.491. The third-order valence-electron chi connectivity index (χ3n) is 1.67. The molecule has 0 aliphatic heterocycles. The van der Waals surface area contributed by atoms with Crippen molar-refractivity contribution in [2.45, 2.75) is 34.3 Å². The van der Waals surface area contributed by atoms with Crippen LogP contribution in [0.3, 0.4) is 0 Å². The van der Waals surface area contributed by atoms with Crippen LogP contribution in [0, 0.1) is 0 Å². The average Bonchev–Trinajstić information content (AvgIpc) is 1.79. The number of hydrogen-bond donors (Lipinski definition) is 0. The zero-order valence-electron chi connectivity index (χ0n) is 5.29. The summed E-state index contributed by atoms with van der Waals surface area (Å²) in [6, 6.07) is 0. The van der Waals surface area contributed by atoms with Gasteiger partial charge in [0.25, 0.3) is 0 Å². The van der Waals surface area contributed by atoms with E-state index in [-0.39, 0.29) is 10.8 Å². The molecule has 1 aliphatic carbocycles. The third kappa shape index (κ3) is 2.34. The summed E-state index contributed by atoms with van der Waals surface area (Å²) in [4.78, 5) is 0. The number of alkyl halides is 4. The highest BCUT2D eigenvalue weighted by atomic mass is 35.5. The Morgan fingerprint density at radius 3 is 2.10 bits per heavy atom. The largest absolute Gasteiger partial charge is 0.121 e. The highest BCUT2D eigenvalue weighted by Crippen LogP contribution is 2.41.